The van der Waals surface area contributed by atoms with Crippen molar-refractivity contribution in [2.45, 2.75) is 44.7 Å². The molecule has 1 aliphatic rings. The maximum atomic E-state index is 11.3. The summed E-state index contributed by atoms with van der Waals surface area (Å²) in [7, 11) is 0. The van der Waals surface area contributed by atoms with Crippen LogP contribution in [0.3, 0.4) is 0 Å². The molecule has 0 aliphatic carbocycles. The predicted octanol–water partition coefficient (Wildman–Crippen LogP) is 0.558. The molecule has 0 spiro atoms. The van der Waals surface area contributed by atoms with Gasteiger partial charge in [-0.1, -0.05) is 0 Å². The van der Waals surface area contributed by atoms with Crippen molar-refractivity contribution in [2.24, 2.45) is 5.73 Å². The molecule has 1 unspecified atom stereocenters. The van der Waals surface area contributed by atoms with Gasteiger partial charge in [-0.2, -0.15) is 0 Å². The Morgan fingerprint density at radius 1 is 1.44 bits per heavy atom. The number of hydrogen-bond acceptors (Lipinski definition) is 4. The molecule has 1 atom stereocenters. The molecule has 0 aromatic rings. The van der Waals surface area contributed by atoms with Gasteiger partial charge in [0.1, 0.15) is 6.04 Å². The van der Waals surface area contributed by atoms with E-state index < -0.39 is 18.1 Å². The van der Waals surface area contributed by atoms with Gasteiger partial charge in [0.2, 0.25) is 0 Å². The molecule has 1 aliphatic heterocycles. The van der Waals surface area contributed by atoms with Gasteiger partial charge in [0, 0.05) is 18.6 Å². The van der Waals surface area contributed by atoms with Gasteiger partial charge < -0.3 is 15.9 Å². The van der Waals surface area contributed by atoms with E-state index in [1.54, 1.807) is 5.01 Å². The molecule has 1 fully saturated rings. The Kier molecular flexibility index (Phi) is 4.53. The fourth-order valence-electron chi connectivity index (χ4n) is 2.25. The van der Waals surface area contributed by atoms with Crippen LogP contribution in [0.2, 0.25) is 0 Å². The van der Waals surface area contributed by atoms with E-state index in [4.69, 9.17) is 10.8 Å². The number of nitrogens with two attached hydrogens (primary N) is 1. The Morgan fingerprint density at radius 2 is 2.06 bits per heavy atom. The number of amides is 1. The number of nitrogens with zero attached hydrogens (tertiary/aromatic N) is 2. The monoisotopic (exact) mass is 259 g/mol. The number of carbonyl (C=O) groups is 2. The minimum Gasteiger partial charge on any atom is -0.480 e. The summed E-state index contributed by atoms with van der Waals surface area (Å²) >= 11 is 0. The SMILES string of the molecule is CC1(C)CCCN1N(CCC(N)C(=O)O)C(=O)O. The molecule has 4 N–H and O–H groups in total. The van der Waals surface area contributed by atoms with Crippen molar-refractivity contribution in [1.82, 2.24) is 10.0 Å². The number of aliphatic carboxylic acids is 1. The fraction of sp³-hybridized carbons (Fsp3) is 0.818. The zero-order chi connectivity index (χ0) is 13.9. The second-order valence-corrected chi connectivity index (χ2v) is 5.18. The van der Waals surface area contributed by atoms with E-state index in [1.807, 2.05) is 13.8 Å². The van der Waals surface area contributed by atoms with E-state index in [0.29, 0.717) is 6.54 Å². The van der Waals surface area contributed by atoms with Gasteiger partial charge in [0.05, 0.1) is 0 Å². The first-order chi connectivity index (χ1) is 8.25. The van der Waals surface area contributed by atoms with Gasteiger partial charge in [-0.25, -0.2) is 14.8 Å². The van der Waals surface area contributed by atoms with E-state index in [9.17, 15) is 14.7 Å². The van der Waals surface area contributed by atoms with Crippen molar-refractivity contribution in [3.63, 3.8) is 0 Å². The Morgan fingerprint density at radius 3 is 2.44 bits per heavy atom. The van der Waals surface area contributed by atoms with Crippen molar-refractivity contribution >= 4 is 12.1 Å². The average Bonchev–Trinajstić information content (AvgIpc) is 2.58. The second kappa shape index (κ2) is 5.53. The number of hydrazine groups is 1. The van der Waals surface area contributed by atoms with E-state index in [0.717, 1.165) is 12.8 Å². The molecule has 0 radical (unpaired) electrons. The number of carboxylic acid groups (broad SMARTS) is 2. The summed E-state index contributed by atoms with van der Waals surface area (Å²) < 4.78 is 0. The van der Waals surface area contributed by atoms with Crippen molar-refractivity contribution in [3.8, 4) is 0 Å². The van der Waals surface area contributed by atoms with Crippen LogP contribution in [-0.2, 0) is 4.79 Å². The third-order valence-corrected chi connectivity index (χ3v) is 3.34. The second-order valence-electron chi connectivity index (χ2n) is 5.18. The Labute approximate surface area is 106 Å². The molecule has 7 nitrogen and oxygen atoms in total. The molecule has 18 heavy (non-hydrogen) atoms. The van der Waals surface area contributed by atoms with Crippen molar-refractivity contribution in [1.29, 1.82) is 0 Å². The van der Waals surface area contributed by atoms with E-state index in [2.05, 4.69) is 0 Å². The summed E-state index contributed by atoms with van der Waals surface area (Å²) in [5, 5.41) is 20.9. The highest BCUT2D eigenvalue weighted by Gasteiger charge is 2.38. The topological polar surface area (TPSA) is 107 Å². The number of rotatable bonds is 5. The van der Waals surface area contributed by atoms with Gasteiger partial charge in [0.15, 0.2) is 0 Å². The summed E-state index contributed by atoms with van der Waals surface area (Å²) in [6.07, 6.45) is 0.889. The minimum atomic E-state index is -1.11. The molecule has 1 heterocycles. The maximum absolute atomic E-state index is 11.3. The van der Waals surface area contributed by atoms with Crippen molar-refractivity contribution in [2.75, 3.05) is 13.1 Å². The first kappa shape index (κ1) is 14.7. The number of carboxylic acids is 1. The highest BCUT2D eigenvalue weighted by molar-refractivity contribution is 5.73. The van der Waals surface area contributed by atoms with Crippen molar-refractivity contribution < 1.29 is 19.8 Å². The Bertz CT molecular complexity index is 332. The molecule has 1 saturated heterocycles. The molecule has 0 aromatic carbocycles. The third-order valence-electron chi connectivity index (χ3n) is 3.34. The lowest BCUT2D eigenvalue weighted by atomic mass is 10.0. The van der Waals surface area contributed by atoms with E-state index >= 15 is 0 Å². The summed E-state index contributed by atoms with van der Waals surface area (Å²) in [4.78, 5) is 21.9. The Hall–Kier alpha value is -1.34. The summed E-state index contributed by atoms with van der Waals surface area (Å²) in [6.45, 7) is 4.73. The van der Waals surface area contributed by atoms with Crippen molar-refractivity contribution in [3.05, 3.63) is 0 Å². The van der Waals surface area contributed by atoms with Gasteiger partial charge in [-0.15, -0.1) is 0 Å². The molecule has 0 aromatic heterocycles. The molecule has 0 bridgehead atoms. The highest BCUT2D eigenvalue weighted by Crippen LogP contribution is 2.29. The third kappa shape index (κ3) is 3.33. The van der Waals surface area contributed by atoms with E-state index in [1.165, 1.54) is 5.01 Å². The van der Waals surface area contributed by atoms with Crippen LogP contribution in [0.15, 0.2) is 0 Å². The zero-order valence-electron chi connectivity index (χ0n) is 10.8. The lowest BCUT2D eigenvalue weighted by molar-refractivity contribution is -0.139. The van der Waals surface area contributed by atoms with Crippen LogP contribution < -0.4 is 5.73 Å². The largest absolute Gasteiger partial charge is 0.480 e. The van der Waals surface area contributed by atoms with Gasteiger partial charge in [-0.3, -0.25) is 4.79 Å². The molecule has 1 rings (SSSR count). The van der Waals surface area contributed by atoms with Crippen LogP contribution in [0.1, 0.15) is 33.1 Å². The zero-order valence-corrected chi connectivity index (χ0v) is 10.8. The smallest absolute Gasteiger partial charge is 0.422 e. The number of hydrogen-bond donors (Lipinski definition) is 3. The standard InChI is InChI=1S/C11H21N3O4/c1-11(2)5-3-6-14(11)13(10(17)18)7-4-8(12)9(15)16/h8H,3-7,12H2,1-2H3,(H,15,16)(H,17,18). The summed E-state index contributed by atoms with van der Waals surface area (Å²) in [6, 6.07) is -1.03. The van der Waals surface area contributed by atoms with Crippen LogP contribution in [-0.4, -0.2) is 57.0 Å². The van der Waals surface area contributed by atoms with Crippen LogP contribution in [0.5, 0.6) is 0 Å². The molecular formula is C11H21N3O4. The average molecular weight is 259 g/mol. The normalized spacial score (nSPS) is 20.6. The molecule has 0 saturated carbocycles. The van der Waals surface area contributed by atoms with Crippen LogP contribution in [0, 0.1) is 0 Å². The van der Waals surface area contributed by atoms with Gasteiger partial charge in [-0.05, 0) is 33.1 Å². The summed E-state index contributed by atoms with van der Waals surface area (Å²) in [5.74, 6) is -1.11. The van der Waals surface area contributed by atoms with Crippen LogP contribution in [0.4, 0.5) is 4.79 Å². The highest BCUT2D eigenvalue weighted by atomic mass is 16.4. The van der Waals surface area contributed by atoms with Gasteiger partial charge in [0.25, 0.3) is 0 Å². The minimum absolute atomic E-state index is 0.103. The molecular weight excluding hydrogens is 238 g/mol. The lowest BCUT2D eigenvalue weighted by Gasteiger charge is -2.39. The molecule has 7 heteroatoms. The lowest BCUT2D eigenvalue weighted by Crippen LogP contribution is -2.54. The van der Waals surface area contributed by atoms with Crippen LogP contribution in [0.25, 0.3) is 0 Å². The molecule has 1 amide bonds. The fourth-order valence-corrected chi connectivity index (χ4v) is 2.25. The maximum Gasteiger partial charge on any atom is 0.422 e. The first-order valence-electron chi connectivity index (χ1n) is 6.02. The summed E-state index contributed by atoms with van der Waals surface area (Å²) in [5.41, 5.74) is 5.18. The van der Waals surface area contributed by atoms with Gasteiger partial charge >= 0.3 is 12.1 Å². The quantitative estimate of drug-likeness (QED) is 0.666. The van der Waals surface area contributed by atoms with E-state index in [-0.39, 0.29) is 18.5 Å². The molecule has 104 valence electrons. The predicted molar refractivity (Wildman–Crippen MR) is 65.0 cm³/mol. The Balaban J connectivity index is 2.66. The first-order valence-corrected chi connectivity index (χ1v) is 6.02. The van der Waals surface area contributed by atoms with Crippen LogP contribution >= 0.6 is 0 Å².